The van der Waals surface area contributed by atoms with Crippen molar-refractivity contribution in [3.05, 3.63) is 35.0 Å². The molecule has 2 heterocycles. The molecule has 2 amide bonds. The molecule has 1 aromatic heterocycles. The molecule has 0 aliphatic carbocycles. The zero-order valence-electron chi connectivity index (χ0n) is 15.3. The van der Waals surface area contributed by atoms with Gasteiger partial charge in [0.05, 0.1) is 5.02 Å². The van der Waals surface area contributed by atoms with Crippen molar-refractivity contribution in [3.8, 4) is 0 Å². The molecule has 1 aliphatic heterocycles. The Balaban J connectivity index is 1.63. The van der Waals surface area contributed by atoms with Crippen LogP contribution in [0.2, 0.25) is 5.02 Å². The summed E-state index contributed by atoms with van der Waals surface area (Å²) in [7, 11) is 0. The molecule has 2 N–H and O–H groups in total. The average molecular weight is 378 g/mol. The number of nitrogens with one attached hydrogen (secondary N) is 2. The lowest BCUT2D eigenvalue weighted by Crippen LogP contribution is -2.50. The maximum atomic E-state index is 12.6. The van der Waals surface area contributed by atoms with Crippen molar-refractivity contribution in [1.82, 2.24) is 15.2 Å². The summed E-state index contributed by atoms with van der Waals surface area (Å²) in [4.78, 5) is 29.5. The summed E-state index contributed by atoms with van der Waals surface area (Å²) in [6.45, 7) is 6.64. The first-order chi connectivity index (χ1) is 12.2. The van der Waals surface area contributed by atoms with Gasteiger partial charge in [-0.25, -0.2) is 4.79 Å². The number of hydrogen-bond donors (Lipinski definition) is 2. The van der Waals surface area contributed by atoms with Crippen LogP contribution in [0.25, 0.3) is 10.9 Å². The smallest absolute Gasteiger partial charge is 0.410 e. The van der Waals surface area contributed by atoms with Gasteiger partial charge in [-0.15, -0.1) is 0 Å². The number of likely N-dealkylation sites (tertiary alicyclic amines) is 1. The molecule has 2 aromatic rings. The largest absolute Gasteiger partial charge is 0.444 e. The average Bonchev–Trinajstić information content (AvgIpc) is 2.94. The number of carbonyl (C=O) groups excluding carboxylic acids is 2. The summed E-state index contributed by atoms with van der Waals surface area (Å²) < 4.78 is 5.42. The Labute approximate surface area is 157 Å². The normalized spacial score (nSPS) is 18.0. The number of piperidine rings is 1. The number of nitrogens with zero attached hydrogens (tertiary/aromatic N) is 1. The van der Waals surface area contributed by atoms with Crippen molar-refractivity contribution < 1.29 is 14.3 Å². The second-order valence-corrected chi connectivity index (χ2v) is 8.04. The molecular weight excluding hydrogens is 354 g/mol. The fourth-order valence-corrected chi connectivity index (χ4v) is 3.31. The van der Waals surface area contributed by atoms with Crippen LogP contribution in [0.4, 0.5) is 4.79 Å². The second kappa shape index (κ2) is 7.19. The Kier molecular flexibility index (Phi) is 5.14. The third kappa shape index (κ3) is 4.30. The maximum absolute atomic E-state index is 12.6. The Morgan fingerprint density at radius 1 is 1.35 bits per heavy atom. The number of benzene rings is 1. The van der Waals surface area contributed by atoms with E-state index in [1.807, 2.05) is 26.8 Å². The molecule has 1 aliphatic rings. The highest BCUT2D eigenvalue weighted by Crippen LogP contribution is 2.24. The van der Waals surface area contributed by atoms with Gasteiger partial charge in [0.1, 0.15) is 5.60 Å². The Bertz CT molecular complexity index is 825. The summed E-state index contributed by atoms with van der Waals surface area (Å²) >= 11 is 6.07. The molecule has 0 spiro atoms. The number of halogens is 1. The van der Waals surface area contributed by atoms with Gasteiger partial charge in [-0.05, 0) is 45.7 Å². The lowest BCUT2D eigenvalue weighted by atomic mass is 10.1. The summed E-state index contributed by atoms with van der Waals surface area (Å²) in [5, 5.41) is 4.54. The van der Waals surface area contributed by atoms with Crippen LogP contribution < -0.4 is 5.32 Å². The van der Waals surface area contributed by atoms with E-state index in [-0.39, 0.29) is 18.0 Å². The van der Waals surface area contributed by atoms with Gasteiger partial charge in [0, 0.05) is 41.8 Å². The number of aromatic amines is 1. The highest BCUT2D eigenvalue weighted by molar-refractivity contribution is 6.35. The molecule has 0 bridgehead atoms. The standard InChI is InChI=1S/C19H24ClN3O3/c1-19(2,3)26-18(25)23-8-4-5-13(11-23)22-17(24)12-6-7-14-15(20)10-21-16(14)9-12/h6-7,9-10,13,21H,4-5,8,11H2,1-3H3,(H,22,24). The zero-order valence-corrected chi connectivity index (χ0v) is 16.0. The van der Waals surface area contributed by atoms with Crippen molar-refractivity contribution >= 4 is 34.5 Å². The van der Waals surface area contributed by atoms with E-state index in [9.17, 15) is 9.59 Å². The molecule has 1 unspecified atom stereocenters. The zero-order chi connectivity index (χ0) is 18.9. The highest BCUT2D eigenvalue weighted by atomic mass is 35.5. The van der Waals surface area contributed by atoms with Crippen LogP contribution in [0.3, 0.4) is 0 Å². The van der Waals surface area contributed by atoms with E-state index in [4.69, 9.17) is 16.3 Å². The minimum Gasteiger partial charge on any atom is -0.444 e. The molecule has 26 heavy (non-hydrogen) atoms. The van der Waals surface area contributed by atoms with Crippen molar-refractivity contribution in [2.45, 2.75) is 45.3 Å². The van der Waals surface area contributed by atoms with Gasteiger partial charge in [-0.1, -0.05) is 17.7 Å². The monoisotopic (exact) mass is 377 g/mol. The van der Waals surface area contributed by atoms with Gasteiger partial charge >= 0.3 is 6.09 Å². The Hall–Kier alpha value is -2.21. The summed E-state index contributed by atoms with van der Waals surface area (Å²) in [6, 6.07) is 5.28. The molecule has 0 radical (unpaired) electrons. The third-order valence-corrected chi connectivity index (χ3v) is 4.61. The van der Waals surface area contributed by atoms with Gasteiger partial charge in [0.2, 0.25) is 0 Å². The van der Waals surface area contributed by atoms with E-state index in [0.29, 0.717) is 23.7 Å². The molecule has 7 heteroatoms. The highest BCUT2D eigenvalue weighted by Gasteiger charge is 2.28. The topological polar surface area (TPSA) is 74.4 Å². The van der Waals surface area contributed by atoms with Gasteiger partial charge in [-0.3, -0.25) is 4.79 Å². The number of ether oxygens (including phenoxy) is 1. The number of amides is 2. The number of aromatic nitrogens is 1. The van der Waals surface area contributed by atoms with Crippen LogP contribution in [0, 0.1) is 0 Å². The minimum atomic E-state index is -0.528. The van der Waals surface area contributed by atoms with Crippen LogP contribution in [-0.2, 0) is 4.74 Å². The summed E-state index contributed by atoms with van der Waals surface area (Å²) in [5.41, 5.74) is 0.854. The Morgan fingerprint density at radius 3 is 2.85 bits per heavy atom. The lowest BCUT2D eigenvalue weighted by Gasteiger charge is -2.34. The van der Waals surface area contributed by atoms with Crippen LogP contribution in [0.1, 0.15) is 44.0 Å². The van der Waals surface area contributed by atoms with Crippen molar-refractivity contribution in [2.24, 2.45) is 0 Å². The minimum absolute atomic E-state index is 0.0910. The first-order valence-corrected chi connectivity index (χ1v) is 9.16. The van der Waals surface area contributed by atoms with E-state index >= 15 is 0 Å². The second-order valence-electron chi connectivity index (χ2n) is 7.64. The molecule has 140 valence electrons. The molecule has 1 saturated heterocycles. The number of hydrogen-bond acceptors (Lipinski definition) is 3. The van der Waals surface area contributed by atoms with Crippen molar-refractivity contribution in [2.75, 3.05) is 13.1 Å². The van der Waals surface area contributed by atoms with Gasteiger partial charge in [0.15, 0.2) is 0 Å². The molecule has 6 nitrogen and oxygen atoms in total. The van der Waals surface area contributed by atoms with E-state index in [1.54, 1.807) is 23.2 Å². The number of rotatable bonds is 2. The number of fused-ring (bicyclic) bond motifs is 1. The van der Waals surface area contributed by atoms with Crippen LogP contribution in [0.15, 0.2) is 24.4 Å². The molecule has 3 rings (SSSR count). The van der Waals surface area contributed by atoms with E-state index < -0.39 is 5.60 Å². The first kappa shape index (κ1) is 18.6. The van der Waals surface area contributed by atoms with Crippen LogP contribution >= 0.6 is 11.6 Å². The number of carbonyl (C=O) groups is 2. The van der Waals surface area contributed by atoms with Crippen molar-refractivity contribution in [3.63, 3.8) is 0 Å². The number of H-pyrrole nitrogens is 1. The van der Waals surface area contributed by atoms with E-state index in [0.717, 1.165) is 23.7 Å². The SMILES string of the molecule is CC(C)(C)OC(=O)N1CCCC(NC(=O)c2ccc3c(Cl)c[nH]c3c2)C1. The molecule has 1 fully saturated rings. The molecule has 1 atom stereocenters. The maximum Gasteiger partial charge on any atom is 0.410 e. The molecular formula is C19H24ClN3O3. The van der Waals surface area contributed by atoms with E-state index in [2.05, 4.69) is 10.3 Å². The predicted molar refractivity (Wildman–Crippen MR) is 102 cm³/mol. The first-order valence-electron chi connectivity index (χ1n) is 8.78. The van der Waals surface area contributed by atoms with Gasteiger partial charge in [-0.2, -0.15) is 0 Å². The predicted octanol–water partition coefficient (Wildman–Crippen LogP) is 3.95. The van der Waals surface area contributed by atoms with Crippen LogP contribution in [-0.4, -0.2) is 46.6 Å². The van der Waals surface area contributed by atoms with Crippen LogP contribution in [0.5, 0.6) is 0 Å². The lowest BCUT2D eigenvalue weighted by molar-refractivity contribution is 0.0185. The fourth-order valence-electron chi connectivity index (χ4n) is 3.09. The quantitative estimate of drug-likeness (QED) is 0.832. The summed E-state index contributed by atoms with van der Waals surface area (Å²) in [5.74, 6) is -0.159. The molecule has 0 saturated carbocycles. The molecule has 1 aromatic carbocycles. The summed E-state index contributed by atoms with van der Waals surface area (Å²) in [6.07, 6.45) is 3.03. The van der Waals surface area contributed by atoms with Gasteiger partial charge in [0.25, 0.3) is 5.91 Å². The van der Waals surface area contributed by atoms with Crippen molar-refractivity contribution in [1.29, 1.82) is 0 Å². The fraction of sp³-hybridized carbons (Fsp3) is 0.474. The van der Waals surface area contributed by atoms with E-state index in [1.165, 1.54) is 0 Å². The third-order valence-electron chi connectivity index (χ3n) is 4.30. The van der Waals surface area contributed by atoms with Gasteiger partial charge < -0.3 is 19.9 Å². The Morgan fingerprint density at radius 2 is 2.12 bits per heavy atom.